The molecule has 90 valence electrons. The van der Waals surface area contributed by atoms with Gasteiger partial charge >= 0.3 is 0 Å². The molecule has 1 heterocycles. The van der Waals surface area contributed by atoms with Crippen LogP contribution in [0.4, 0.5) is 10.1 Å². The third kappa shape index (κ3) is 2.75. The molecular formula is C12H12BrFN2S. The molecular weight excluding hydrogens is 303 g/mol. The number of rotatable bonds is 1. The molecule has 1 aliphatic rings. The Morgan fingerprint density at radius 1 is 1.35 bits per heavy atom. The van der Waals surface area contributed by atoms with Gasteiger partial charge in [0.25, 0.3) is 0 Å². The number of hydrogen-bond donors (Lipinski definition) is 0. The van der Waals surface area contributed by atoms with Gasteiger partial charge in [-0.25, -0.2) is 4.39 Å². The van der Waals surface area contributed by atoms with E-state index in [9.17, 15) is 4.39 Å². The van der Waals surface area contributed by atoms with Gasteiger partial charge in [-0.1, -0.05) is 0 Å². The lowest BCUT2D eigenvalue weighted by atomic mass is 10.2. The number of nitriles is 1. The van der Waals surface area contributed by atoms with E-state index in [-0.39, 0.29) is 10.3 Å². The van der Waals surface area contributed by atoms with Gasteiger partial charge in [0.2, 0.25) is 0 Å². The zero-order chi connectivity index (χ0) is 12.3. The first-order valence-electron chi connectivity index (χ1n) is 5.45. The van der Waals surface area contributed by atoms with Crippen LogP contribution in [0.3, 0.4) is 0 Å². The molecule has 0 saturated carbocycles. The minimum absolute atomic E-state index is 0.273. The highest BCUT2D eigenvalue weighted by Crippen LogP contribution is 2.30. The monoisotopic (exact) mass is 314 g/mol. The van der Waals surface area contributed by atoms with Crippen molar-refractivity contribution in [1.82, 2.24) is 0 Å². The van der Waals surface area contributed by atoms with E-state index >= 15 is 0 Å². The smallest absolute Gasteiger partial charge is 0.161 e. The second-order valence-electron chi connectivity index (χ2n) is 3.82. The van der Waals surface area contributed by atoms with Gasteiger partial charge in [-0.15, -0.1) is 0 Å². The largest absolute Gasteiger partial charge is 0.368 e. The van der Waals surface area contributed by atoms with Crippen molar-refractivity contribution in [2.45, 2.75) is 6.42 Å². The van der Waals surface area contributed by atoms with E-state index in [1.54, 1.807) is 12.1 Å². The Morgan fingerprint density at radius 3 is 2.94 bits per heavy atom. The van der Waals surface area contributed by atoms with Crippen LogP contribution in [-0.2, 0) is 0 Å². The van der Waals surface area contributed by atoms with Gasteiger partial charge in [-0.2, -0.15) is 17.0 Å². The number of halogens is 2. The standard InChI is InChI=1S/C12H12BrFN2S/c13-11-9(8-15)2-3-10(12(11)14)16-4-1-6-17-7-5-16/h2-3H,1,4-7H2. The van der Waals surface area contributed by atoms with Crippen molar-refractivity contribution in [2.75, 3.05) is 29.5 Å². The molecule has 1 fully saturated rings. The molecule has 0 atom stereocenters. The minimum Gasteiger partial charge on any atom is -0.368 e. The molecule has 0 amide bonds. The summed E-state index contributed by atoms with van der Waals surface area (Å²) < 4.78 is 14.4. The summed E-state index contributed by atoms with van der Waals surface area (Å²) in [7, 11) is 0. The SMILES string of the molecule is N#Cc1ccc(N2CCCSCC2)c(F)c1Br. The van der Waals surface area contributed by atoms with Gasteiger partial charge in [0.05, 0.1) is 15.7 Å². The van der Waals surface area contributed by atoms with Gasteiger partial charge < -0.3 is 4.90 Å². The predicted molar refractivity (Wildman–Crippen MR) is 73.0 cm³/mol. The van der Waals surface area contributed by atoms with Crippen LogP contribution in [0.25, 0.3) is 0 Å². The first kappa shape index (κ1) is 12.7. The van der Waals surface area contributed by atoms with Crippen molar-refractivity contribution in [3.63, 3.8) is 0 Å². The second-order valence-corrected chi connectivity index (χ2v) is 5.84. The molecule has 1 aromatic rings. The molecule has 0 N–H and O–H groups in total. The van der Waals surface area contributed by atoms with Crippen LogP contribution in [0.5, 0.6) is 0 Å². The third-order valence-corrected chi connectivity index (χ3v) is 4.57. The number of benzene rings is 1. The van der Waals surface area contributed by atoms with Gasteiger partial charge in [-0.05, 0) is 40.2 Å². The Hall–Kier alpha value is -0.730. The molecule has 1 aliphatic heterocycles. The van der Waals surface area contributed by atoms with Crippen LogP contribution in [-0.4, -0.2) is 24.6 Å². The summed E-state index contributed by atoms with van der Waals surface area (Å²) in [6.07, 6.45) is 1.07. The Kier molecular flexibility index (Phi) is 4.30. The van der Waals surface area contributed by atoms with E-state index in [4.69, 9.17) is 5.26 Å². The van der Waals surface area contributed by atoms with E-state index in [2.05, 4.69) is 20.8 Å². The van der Waals surface area contributed by atoms with E-state index in [1.807, 2.05) is 17.8 Å². The molecule has 17 heavy (non-hydrogen) atoms. The number of anilines is 1. The average molecular weight is 315 g/mol. The van der Waals surface area contributed by atoms with Crippen molar-refractivity contribution in [2.24, 2.45) is 0 Å². The summed E-state index contributed by atoms with van der Waals surface area (Å²) in [5, 5.41) is 8.83. The lowest BCUT2D eigenvalue weighted by molar-refractivity contribution is 0.611. The Balaban J connectivity index is 2.32. The number of hydrogen-bond acceptors (Lipinski definition) is 3. The summed E-state index contributed by atoms with van der Waals surface area (Å²) >= 11 is 5.05. The molecule has 1 aromatic carbocycles. The maximum atomic E-state index is 14.1. The lowest BCUT2D eigenvalue weighted by Gasteiger charge is -2.23. The van der Waals surface area contributed by atoms with E-state index in [0.29, 0.717) is 11.3 Å². The zero-order valence-corrected chi connectivity index (χ0v) is 11.7. The zero-order valence-electron chi connectivity index (χ0n) is 9.25. The van der Waals surface area contributed by atoms with E-state index < -0.39 is 0 Å². The highest BCUT2D eigenvalue weighted by molar-refractivity contribution is 9.10. The molecule has 0 unspecified atom stereocenters. The molecule has 0 bridgehead atoms. The first-order chi connectivity index (χ1) is 8.24. The van der Waals surface area contributed by atoms with Crippen LogP contribution in [0.1, 0.15) is 12.0 Å². The van der Waals surface area contributed by atoms with Crippen LogP contribution >= 0.6 is 27.7 Å². The van der Waals surface area contributed by atoms with Crippen molar-refractivity contribution < 1.29 is 4.39 Å². The molecule has 5 heteroatoms. The Morgan fingerprint density at radius 2 is 2.18 bits per heavy atom. The summed E-state index contributed by atoms with van der Waals surface area (Å²) in [5.74, 6) is 1.84. The van der Waals surface area contributed by atoms with Crippen LogP contribution in [0, 0.1) is 17.1 Å². The fraction of sp³-hybridized carbons (Fsp3) is 0.417. The fourth-order valence-electron chi connectivity index (χ4n) is 1.86. The fourth-order valence-corrected chi connectivity index (χ4v) is 3.17. The molecule has 0 radical (unpaired) electrons. The third-order valence-electron chi connectivity index (χ3n) is 2.75. The maximum Gasteiger partial charge on any atom is 0.161 e. The highest BCUT2D eigenvalue weighted by Gasteiger charge is 2.17. The van der Waals surface area contributed by atoms with Gasteiger partial charge in [0.1, 0.15) is 6.07 Å². The summed E-state index contributed by atoms with van der Waals surface area (Å²) in [5.41, 5.74) is 0.939. The number of nitrogens with zero attached hydrogens (tertiary/aromatic N) is 2. The van der Waals surface area contributed by atoms with Gasteiger partial charge in [0.15, 0.2) is 5.82 Å². The van der Waals surface area contributed by atoms with Crippen LogP contribution in [0.15, 0.2) is 16.6 Å². The van der Waals surface area contributed by atoms with Gasteiger partial charge in [0, 0.05) is 18.8 Å². The summed E-state index contributed by atoms with van der Waals surface area (Å²) in [6, 6.07) is 5.34. The van der Waals surface area contributed by atoms with E-state index in [1.165, 1.54) is 0 Å². The van der Waals surface area contributed by atoms with Crippen molar-refractivity contribution in [3.8, 4) is 6.07 Å². The Labute approximate surface area is 113 Å². The molecule has 0 spiro atoms. The first-order valence-corrected chi connectivity index (χ1v) is 7.39. The highest BCUT2D eigenvalue weighted by atomic mass is 79.9. The van der Waals surface area contributed by atoms with E-state index in [0.717, 1.165) is 31.0 Å². The lowest BCUT2D eigenvalue weighted by Crippen LogP contribution is -2.26. The molecule has 1 saturated heterocycles. The minimum atomic E-state index is -0.323. The van der Waals surface area contributed by atoms with Crippen molar-refractivity contribution >= 4 is 33.4 Å². The Bertz CT molecular complexity index is 451. The summed E-state index contributed by atoms with van der Waals surface area (Å²) in [6.45, 7) is 1.74. The molecule has 2 nitrogen and oxygen atoms in total. The van der Waals surface area contributed by atoms with Crippen LogP contribution < -0.4 is 4.90 Å². The molecule has 0 aliphatic carbocycles. The second kappa shape index (κ2) is 5.74. The maximum absolute atomic E-state index is 14.1. The van der Waals surface area contributed by atoms with Crippen LogP contribution in [0.2, 0.25) is 0 Å². The van der Waals surface area contributed by atoms with Crippen molar-refractivity contribution in [1.29, 1.82) is 5.26 Å². The average Bonchev–Trinajstić information content (AvgIpc) is 2.61. The molecule has 2 rings (SSSR count). The number of thioether (sulfide) groups is 1. The summed E-state index contributed by atoms with van der Waals surface area (Å²) in [4.78, 5) is 2.06. The van der Waals surface area contributed by atoms with Gasteiger partial charge in [-0.3, -0.25) is 0 Å². The normalized spacial score (nSPS) is 16.4. The predicted octanol–water partition coefficient (Wildman–Crippen LogP) is 3.40. The molecule has 0 aromatic heterocycles. The quantitative estimate of drug-likeness (QED) is 0.795. The topological polar surface area (TPSA) is 27.0 Å². The van der Waals surface area contributed by atoms with Crippen molar-refractivity contribution in [3.05, 3.63) is 28.0 Å².